The lowest BCUT2D eigenvalue weighted by molar-refractivity contribution is -0.144. The second-order valence-corrected chi connectivity index (χ2v) is 4.52. The second-order valence-electron chi connectivity index (χ2n) is 3.37. The number of carbonyl (C=O) groups excluding carboxylic acids is 1. The van der Waals surface area contributed by atoms with Gasteiger partial charge in [-0.15, -0.1) is 6.42 Å². The van der Waals surface area contributed by atoms with Gasteiger partial charge >= 0.3 is 5.97 Å². The van der Waals surface area contributed by atoms with Gasteiger partial charge in [-0.1, -0.05) is 5.92 Å². The maximum absolute atomic E-state index is 11.9. The van der Waals surface area contributed by atoms with E-state index in [2.05, 4.69) is 11.2 Å². The predicted molar refractivity (Wildman–Crippen MR) is 62.2 cm³/mol. The normalized spacial score (nSPS) is 19.8. The number of carboxylic acids is 1. The summed E-state index contributed by atoms with van der Waals surface area (Å²) in [5.41, 5.74) is 0. The molecule has 0 aromatic heterocycles. The number of hydrogen-bond donors (Lipinski definition) is 2. The van der Waals surface area contributed by atoms with E-state index in [4.69, 9.17) is 11.5 Å². The number of hydrogen-bond acceptors (Lipinski definition) is 4. The van der Waals surface area contributed by atoms with E-state index in [1.54, 1.807) is 11.8 Å². The summed E-state index contributed by atoms with van der Waals surface area (Å²) in [6.07, 6.45) is 5.11. The average Bonchev–Trinajstić information content (AvgIpc) is 2.28. The smallest absolute Gasteiger partial charge is 0.323 e. The maximum atomic E-state index is 11.9. The Morgan fingerprint density at radius 3 is 2.88 bits per heavy atom. The van der Waals surface area contributed by atoms with Crippen molar-refractivity contribution in [1.82, 2.24) is 10.2 Å². The van der Waals surface area contributed by atoms with Gasteiger partial charge < -0.3 is 15.3 Å². The van der Waals surface area contributed by atoms with Crippen LogP contribution in [0.3, 0.4) is 0 Å². The first-order valence-corrected chi connectivity index (χ1v) is 6.05. The predicted octanol–water partition coefficient (Wildman–Crippen LogP) is -0.762. The number of aliphatic carboxylic acids is 1. The van der Waals surface area contributed by atoms with Gasteiger partial charge in [0.1, 0.15) is 6.54 Å². The highest BCUT2D eigenvalue weighted by Gasteiger charge is 2.26. The molecule has 5 nitrogen and oxygen atoms in total. The van der Waals surface area contributed by atoms with Crippen molar-refractivity contribution < 1.29 is 14.7 Å². The van der Waals surface area contributed by atoms with Crippen LogP contribution in [0.25, 0.3) is 0 Å². The Kier molecular flexibility index (Phi) is 5.15. The molecule has 1 aliphatic heterocycles. The van der Waals surface area contributed by atoms with Crippen LogP contribution in [0, 0.1) is 12.3 Å². The lowest BCUT2D eigenvalue weighted by Gasteiger charge is -2.27. The minimum Gasteiger partial charge on any atom is -0.480 e. The van der Waals surface area contributed by atoms with Crippen molar-refractivity contribution >= 4 is 23.6 Å². The van der Waals surface area contributed by atoms with Crippen LogP contribution in [0.1, 0.15) is 0 Å². The van der Waals surface area contributed by atoms with Crippen LogP contribution in [0.15, 0.2) is 0 Å². The zero-order chi connectivity index (χ0) is 12.0. The Bertz CT molecular complexity index is 308. The molecule has 0 aromatic rings. The highest BCUT2D eigenvalue weighted by Crippen LogP contribution is 2.09. The molecule has 2 N–H and O–H groups in total. The summed E-state index contributed by atoms with van der Waals surface area (Å²) in [4.78, 5) is 23.7. The fourth-order valence-electron chi connectivity index (χ4n) is 1.43. The van der Waals surface area contributed by atoms with Crippen molar-refractivity contribution in [2.45, 2.75) is 6.04 Å². The fraction of sp³-hybridized carbons (Fsp3) is 0.600. The highest BCUT2D eigenvalue weighted by molar-refractivity contribution is 7.99. The van der Waals surface area contributed by atoms with E-state index in [9.17, 15) is 9.59 Å². The standard InChI is InChI=1S/C10H14N2O3S/c1-2-4-12(6-9(13)14)10(15)8-7-16-5-3-11-8/h1,8,11H,3-7H2,(H,13,14). The Labute approximate surface area is 98.6 Å². The summed E-state index contributed by atoms with van der Waals surface area (Å²) >= 11 is 1.68. The molecule has 1 atom stereocenters. The lowest BCUT2D eigenvalue weighted by Crippen LogP contribution is -2.51. The Balaban J connectivity index is 2.58. The number of thioether (sulfide) groups is 1. The van der Waals surface area contributed by atoms with Crippen LogP contribution in [-0.2, 0) is 9.59 Å². The van der Waals surface area contributed by atoms with E-state index in [-0.39, 0.29) is 25.0 Å². The molecule has 0 saturated carbocycles. The molecule has 1 aliphatic rings. The molecular weight excluding hydrogens is 228 g/mol. The van der Waals surface area contributed by atoms with Gasteiger partial charge in [-0.05, 0) is 0 Å². The van der Waals surface area contributed by atoms with E-state index in [1.807, 2.05) is 0 Å². The Hall–Kier alpha value is -1.19. The molecule has 88 valence electrons. The minimum atomic E-state index is -1.05. The van der Waals surface area contributed by atoms with Crippen molar-refractivity contribution in [3.8, 4) is 12.3 Å². The molecule has 0 radical (unpaired) electrons. The summed E-state index contributed by atoms with van der Waals surface area (Å²) in [5.74, 6) is 2.66. The number of rotatable bonds is 4. The molecule has 1 fully saturated rings. The third-order valence-corrected chi connectivity index (χ3v) is 3.20. The quantitative estimate of drug-likeness (QED) is 0.634. The van der Waals surface area contributed by atoms with E-state index >= 15 is 0 Å². The van der Waals surface area contributed by atoms with Crippen LogP contribution in [0.2, 0.25) is 0 Å². The van der Waals surface area contributed by atoms with Gasteiger partial charge in [0.15, 0.2) is 0 Å². The zero-order valence-corrected chi connectivity index (χ0v) is 9.63. The molecule has 6 heteroatoms. The molecule has 1 amide bonds. The molecule has 16 heavy (non-hydrogen) atoms. The Morgan fingerprint density at radius 2 is 2.38 bits per heavy atom. The minimum absolute atomic E-state index is 0.0357. The number of terminal acetylenes is 1. The van der Waals surface area contributed by atoms with Crippen LogP contribution in [0.4, 0.5) is 0 Å². The van der Waals surface area contributed by atoms with Crippen molar-refractivity contribution in [2.24, 2.45) is 0 Å². The zero-order valence-electron chi connectivity index (χ0n) is 8.81. The topological polar surface area (TPSA) is 69.6 Å². The molecule has 0 aromatic carbocycles. The van der Waals surface area contributed by atoms with Gasteiger partial charge in [0, 0.05) is 18.1 Å². The largest absolute Gasteiger partial charge is 0.480 e. The van der Waals surface area contributed by atoms with Gasteiger partial charge in [-0.2, -0.15) is 11.8 Å². The van der Waals surface area contributed by atoms with Crippen LogP contribution >= 0.6 is 11.8 Å². The summed E-state index contributed by atoms with van der Waals surface area (Å²) in [5, 5.41) is 11.7. The monoisotopic (exact) mass is 242 g/mol. The lowest BCUT2D eigenvalue weighted by atomic mass is 10.2. The summed E-state index contributed by atoms with van der Waals surface area (Å²) < 4.78 is 0. The van der Waals surface area contributed by atoms with Gasteiger partial charge in [0.2, 0.25) is 5.91 Å². The van der Waals surface area contributed by atoms with Crippen LogP contribution in [0.5, 0.6) is 0 Å². The molecule has 0 spiro atoms. The third-order valence-electron chi connectivity index (χ3n) is 2.14. The molecule has 1 rings (SSSR count). The molecular formula is C10H14N2O3S. The SMILES string of the molecule is C#CCN(CC(=O)O)C(=O)C1CSCCN1. The summed E-state index contributed by atoms with van der Waals surface area (Å²) in [6.45, 7) is 0.456. The molecule has 0 aliphatic carbocycles. The number of carbonyl (C=O) groups is 2. The average molecular weight is 242 g/mol. The van der Waals surface area contributed by atoms with Gasteiger partial charge in [0.05, 0.1) is 12.6 Å². The van der Waals surface area contributed by atoms with Crippen molar-refractivity contribution in [3.05, 3.63) is 0 Å². The number of carboxylic acid groups (broad SMARTS) is 1. The molecule has 1 unspecified atom stereocenters. The summed E-state index contributed by atoms with van der Waals surface area (Å²) in [6, 6.07) is -0.313. The first-order valence-electron chi connectivity index (χ1n) is 4.90. The van der Waals surface area contributed by atoms with E-state index in [0.717, 1.165) is 12.3 Å². The third kappa shape index (κ3) is 3.76. The molecule has 1 saturated heterocycles. The molecule has 1 heterocycles. The maximum Gasteiger partial charge on any atom is 0.323 e. The van der Waals surface area contributed by atoms with E-state index < -0.39 is 5.97 Å². The fourth-order valence-corrected chi connectivity index (χ4v) is 2.35. The highest BCUT2D eigenvalue weighted by atomic mass is 32.2. The van der Waals surface area contributed by atoms with Crippen LogP contribution in [-0.4, -0.2) is 59.1 Å². The first kappa shape index (κ1) is 12.9. The van der Waals surface area contributed by atoms with Gasteiger partial charge in [0.25, 0.3) is 0 Å². The van der Waals surface area contributed by atoms with Gasteiger partial charge in [-0.3, -0.25) is 9.59 Å². The van der Waals surface area contributed by atoms with Gasteiger partial charge in [-0.25, -0.2) is 0 Å². The van der Waals surface area contributed by atoms with Crippen molar-refractivity contribution in [2.75, 3.05) is 31.1 Å². The number of amides is 1. The van der Waals surface area contributed by atoms with Crippen molar-refractivity contribution in [3.63, 3.8) is 0 Å². The Morgan fingerprint density at radius 1 is 1.62 bits per heavy atom. The number of nitrogens with one attached hydrogen (secondary N) is 1. The summed E-state index contributed by atoms with van der Waals surface area (Å²) in [7, 11) is 0. The first-order chi connectivity index (χ1) is 7.65. The molecule has 0 bridgehead atoms. The number of nitrogens with zero attached hydrogens (tertiary/aromatic N) is 1. The van der Waals surface area contributed by atoms with Crippen molar-refractivity contribution in [1.29, 1.82) is 0 Å². The van der Waals surface area contributed by atoms with Crippen LogP contribution < -0.4 is 5.32 Å². The van der Waals surface area contributed by atoms with E-state index in [1.165, 1.54) is 4.90 Å². The van der Waals surface area contributed by atoms with E-state index in [0.29, 0.717) is 5.75 Å². The second kappa shape index (κ2) is 6.40.